The van der Waals surface area contributed by atoms with E-state index in [1.165, 1.54) is 61.5 Å². The number of quaternary nitrogens is 1. The van der Waals surface area contributed by atoms with Gasteiger partial charge in [0.1, 0.15) is 20.1 Å². The van der Waals surface area contributed by atoms with Crippen molar-refractivity contribution in [1.29, 1.82) is 0 Å². The predicted molar refractivity (Wildman–Crippen MR) is 210 cm³/mol. The van der Waals surface area contributed by atoms with Gasteiger partial charge in [0.2, 0.25) is 5.69 Å². The van der Waals surface area contributed by atoms with Crippen LogP contribution in [0, 0.1) is 0 Å². The number of aromatic nitrogens is 2. The van der Waals surface area contributed by atoms with Crippen LogP contribution in [0.3, 0.4) is 0 Å². The Kier molecular flexibility index (Phi) is 10.9. The Morgan fingerprint density at radius 1 is 0.708 bits per heavy atom. The maximum absolute atomic E-state index is 2.47. The molecule has 1 aromatic heterocycles. The van der Waals surface area contributed by atoms with Gasteiger partial charge in [-0.05, 0) is 60.0 Å². The van der Waals surface area contributed by atoms with Gasteiger partial charge in [-0.25, -0.2) is 14.0 Å². The van der Waals surface area contributed by atoms with Gasteiger partial charge in [-0.15, -0.1) is 4.58 Å². The summed E-state index contributed by atoms with van der Waals surface area (Å²) in [5.74, 6) is 4.83. The third kappa shape index (κ3) is 7.51. The molecule has 0 fully saturated rings. The highest BCUT2D eigenvalue weighted by atomic mass is 33.1. The lowest BCUT2D eigenvalue weighted by Gasteiger charge is -2.13. The first kappa shape index (κ1) is 33.9. The van der Waals surface area contributed by atoms with Gasteiger partial charge in [-0.1, -0.05) is 70.1 Å². The molecule has 48 heavy (non-hydrogen) atoms. The number of rotatable bonds is 14. The van der Waals surface area contributed by atoms with Crippen LogP contribution in [0.25, 0.3) is 23.2 Å². The van der Waals surface area contributed by atoms with Crippen molar-refractivity contribution in [2.24, 2.45) is 7.05 Å². The lowest BCUT2D eigenvalue weighted by atomic mass is 10.1. The molecule has 8 heteroatoms. The maximum atomic E-state index is 2.47. The summed E-state index contributed by atoms with van der Waals surface area (Å²) in [5.41, 5.74) is 10.3. The zero-order valence-electron chi connectivity index (χ0n) is 29.2. The molecule has 1 unspecified atom stereocenters. The second kappa shape index (κ2) is 15.5. The Balaban J connectivity index is 1.08. The highest BCUT2D eigenvalue weighted by Crippen LogP contribution is 2.27. The minimum atomic E-state index is 0.963. The molecule has 1 atom stereocenters. The van der Waals surface area contributed by atoms with Crippen LogP contribution in [0.15, 0.2) is 97.1 Å². The molecule has 0 saturated carbocycles. The molecule has 1 N–H and O–H groups in total. The van der Waals surface area contributed by atoms with E-state index in [1.54, 1.807) is 0 Å². The molecule has 0 saturated heterocycles. The van der Waals surface area contributed by atoms with Gasteiger partial charge in [0.25, 0.3) is 11.5 Å². The van der Waals surface area contributed by atoms with Crippen LogP contribution in [0.1, 0.15) is 23.4 Å². The van der Waals surface area contributed by atoms with Gasteiger partial charge in [0, 0.05) is 63.5 Å². The first-order valence-corrected chi connectivity index (χ1v) is 19.3. The first-order chi connectivity index (χ1) is 23.3. The van der Waals surface area contributed by atoms with Crippen LogP contribution in [-0.2, 0) is 20.0 Å². The molecule has 5 aromatic rings. The van der Waals surface area contributed by atoms with Crippen molar-refractivity contribution in [2.45, 2.75) is 19.4 Å². The average Bonchev–Trinajstić information content (AvgIpc) is 3.53. The van der Waals surface area contributed by atoms with Crippen LogP contribution in [-0.4, -0.2) is 68.3 Å². The average molecular weight is 678 g/mol. The number of nitrogens with zero attached hydrogens (tertiary/aromatic N) is 5. The fourth-order valence-electron chi connectivity index (χ4n) is 6.63. The summed E-state index contributed by atoms with van der Waals surface area (Å²) in [4.78, 5) is 5.81. The fraction of sp³-hybridized carbons (Fsp3) is 0.300. The molecule has 6 nitrogen and oxygen atoms in total. The minimum absolute atomic E-state index is 0.963. The Morgan fingerprint density at radius 2 is 1.35 bits per heavy atom. The lowest BCUT2D eigenvalue weighted by molar-refractivity contribution is -0.741. The molecule has 248 valence electrons. The number of nitrogens with one attached hydrogen (secondary N) is 1. The highest BCUT2D eigenvalue weighted by Gasteiger charge is 2.39. The molecule has 0 amide bonds. The Labute approximate surface area is 294 Å². The largest absolute Gasteiger partial charge is 0.378 e. The third-order valence-corrected chi connectivity index (χ3v) is 11.7. The van der Waals surface area contributed by atoms with E-state index in [0.29, 0.717) is 0 Å². The summed E-state index contributed by atoms with van der Waals surface area (Å²) in [6.45, 7) is 2.04. The summed E-state index contributed by atoms with van der Waals surface area (Å²) < 4.78 is 7.22. The number of para-hydroxylation sites is 4. The standard InChI is InChI=1S/C40H48N6S2/c1-41(2)33-21-15-31(16-22-33)19-25-39-43(5)35-11-7-9-13-37(35)45(39)27-29-47-48-30-28-46-38-14-10-8-12-36(38)44(6)40(46)26-20-32-17-23-34(24-18-32)42(3)4/h7-19,21-25H,20,26-30H2,1-6H3/q+2/p+1. The van der Waals surface area contributed by atoms with Crippen LogP contribution in [0.5, 0.6) is 0 Å². The smallest absolute Gasteiger partial charge is 0.347 e. The normalized spacial score (nSPS) is 14.3. The van der Waals surface area contributed by atoms with Gasteiger partial charge in [-0.3, -0.25) is 0 Å². The number of hydrogen-bond acceptors (Lipinski definition) is 4. The molecular weight excluding hydrogens is 629 g/mol. The van der Waals surface area contributed by atoms with Gasteiger partial charge >= 0.3 is 5.84 Å². The Hall–Kier alpha value is -3.98. The summed E-state index contributed by atoms with van der Waals surface area (Å²) in [6.07, 6.45) is 6.59. The minimum Gasteiger partial charge on any atom is -0.378 e. The predicted octanol–water partition coefficient (Wildman–Crippen LogP) is 6.68. The van der Waals surface area contributed by atoms with Crippen molar-refractivity contribution >= 4 is 73.4 Å². The monoisotopic (exact) mass is 677 g/mol. The zero-order valence-corrected chi connectivity index (χ0v) is 30.8. The van der Waals surface area contributed by atoms with E-state index in [-0.39, 0.29) is 0 Å². The van der Waals surface area contributed by atoms with Crippen molar-refractivity contribution in [3.63, 3.8) is 0 Å². The van der Waals surface area contributed by atoms with Gasteiger partial charge in [0.15, 0.2) is 11.0 Å². The second-order valence-corrected chi connectivity index (χ2v) is 15.5. The van der Waals surface area contributed by atoms with Crippen LogP contribution in [0.4, 0.5) is 22.7 Å². The van der Waals surface area contributed by atoms with E-state index in [1.807, 2.05) is 21.6 Å². The molecule has 0 aliphatic carbocycles. The van der Waals surface area contributed by atoms with Gasteiger partial charge < -0.3 is 9.80 Å². The van der Waals surface area contributed by atoms with Crippen molar-refractivity contribution in [1.82, 2.24) is 4.57 Å². The second-order valence-electron chi connectivity index (χ2n) is 12.8. The Morgan fingerprint density at radius 3 is 2.08 bits per heavy atom. The summed E-state index contributed by atoms with van der Waals surface area (Å²) in [7, 11) is 16.8. The topological polar surface area (TPSA) is 22.7 Å². The molecule has 0 spiro atoms. The summed E-state index contributed by atoms with van der Waals surface area (Å²) in [5, 5.41) is 0. The van der Waals surface area contributed by atoms with Crippen molar-refractivity contribution in [3.05, 3.63) is 114 Å². The van der Waals surface area contributed by atoms with E-state index in [0.717, 1.165) is 37.4 Å². The van der Waals surface area contributed by atoms with E-state index in [9.17, 15) is 0 Å². The van der Waals surface area contributed by atoms with Crippen molar-refractivity contribution in [3.8, 4) is 0 Å². The number of benzene rings is 4. The highest BCUT2D eigenvalue weighted by molar-refractivity contribution is 8.76. The molecule has 4 aromatic carbocycles. The van der Waals surface area contributed by atoms with Crippen molar-refractivity contribution < 1.29 is 14.0 Å². The van der Waals surface area contributed by atoms with E-state index < -0.39 is 0 Å². The SMILES string of the molecule is CN(C)c1ccc(/C=C/c2n(CCSSCC[NH+]3C(CCc4ccc(N(C)C)cc4)=[N+](C)c4ccccc43)c3ccccc3[n+]2C)cc1. The number of anilines is 2. The molecule has 1 aliphatic rings. The zero-order chi connectivity index (χ0) is 33.6. The third-order valence-electron chi connectivity index (χ3n) is 9.35. The quantitative estimate of drug-likeness (QED) is 0.0805. The van der Waals surface area contributed by atoms with Crippen molar-refractivity contribution in [2.75, 3.05) is 63.1 Å². The molecule has 0 radical (unpaired) electrons. The fourth-order valence-corrected chi connectivity index (χ4v) is 8.59. The van der Waals surface area contributed by atoms with E-state index in [4.69, 9.17) is 0 Å². The number of hydrogen-bond donors (Lipinski definition) is 1. The van der Waals surface area contributed by atoms with Gasteiger partial charge in [-0.2, -0.15) is 0 Å². The van der Waals surface area contributed by atoms with Crippen LogP contribution in [0.2, 0.25) is 0 Å². The van der Waals surface area contributed by atoms with E-state index in [2.05, 4.69) is 175 Å². The van der Waals surface area contributed by atoms with E-state index >= 15 is 0 Å². The molecular formula is C40H49N6S2+3. The lowest BCUT2D eigenvalue weighted by Crippen LogP contribution is -3.09. The summed E-state index contributed by atoms with van der Waals surface area (Å²) >= 11 is 0. The summed E-state index contributed by atoms with van der Waals surface area (Å²) in [6, 6.07) is 35.4. The number of aryl methyl sites for hydroxylation is 3. The molecule has 1 aliphatic heterocycles. The molecule has 6 rings (SSSR count). The van der Waals surface area contributed by atoms with Crippen LogP contribution < -0.4 is 19.3 Å². The number of imidazole rings is 1. The molecule has 0 bridgehead atoms. The number of fused-ring (bicyclic) bond motifs is 2. The molecule has 2 heterocycles. The first-order valence-electron chi connectivity index (χ1n) is 16.8. The Bertz CT molecular complexity index is 1910. The maximum Gasteiger partial charge on any atom is 0.347 e. The number of amidine groups is 1. The van der Waals surface area contributed by atoms with Gasteiger partial charge in [0.05, 0.1) is 19.2 Å². The van der Waals surface area contributed by atoms with Crippen LogP contribution >= 0.6 is 21.6 Å².